The van der Waals surface area contributed by atoms with Crippen LogP contribution >= 0.6 is 22.6 Å². The first-order valence-electron chi connectivity index (χ1n) is 6.97. The summed E-state index contributed by atoms with van der Waals surface area (Å²) in [5.74, 6) is 0. The maximum absolute atomic E-state index is 6.13. The second-order valence-electron chi connectivity index (χ2n) is 5.35. The lowest BCUT2D eigenvalue weighted by atomic mass is 10.0. The molecule has 0 aliphatic carbocycles. The van der Waals surface area contributed by atoms with Crippen molar-refractivity contribution < 1.29 is 9.47 Å². The first kappa shape index (κ1) is 15.7. The summed E-state index contributed by atoms with van der Waals surface area (Å²) in [6, 6.07) is 0. The zero-order valence-corrected chi connectivity index (χ0v) is 13.7. The third kappa shape index (κ3) is 5.43. The fraction of sp³-hybridized carbons (Fsp3) is 1.00. The second-order valence-corrected chi connectivity index (χ2v) is 7.81. The molecule has 1 heterocycles. The summed E-state index contributed by atoms with van der Waals surface area (Å²) in [6.07, 6.45) is 10.5. The van der Waals surface area contributed by atoms with Gasteiger partial charge in [0.25, 0.3) is 0 Å². The van der Waals surface area contributed by atoms with Gasteiger partial charge in [-0.05, 0) is 32.6 Å². The van der Waals surface area contributed by atoms with Gasteiger partial charge in [-0.15, -0.1) is 0 Å². The molecule has 0 aromatic carbocycles. The molecular weight excluding hydrogens is 327 g/mol. The van der Waals surface area contributed by atoms with Crippen LogP contribution in [0.3, 0.4) is 0 Å². The smallest absolute Gasteiger partial charge is 0.171 e. The molecule has 1 fully saturated rings. The van der Waals surface area contributed by atoms with Crippen LogP contribution in [0, 0.1) is 0 Å². The molecule has 0 aromatic rings. The van der Waals surface area contributed by atoms with Gasteiger partial charge in [0.15, 0.2) is 6.29 Å². The molecule has 1 rings (SSSR count). The Kier molecular flexibility index (Phi) is 7.34. The fourth-order valence-corrected chi connectivity index (χ4v) is 3.27. The van der Waals surface area contributed by atoms with Crippen LogP contribution in [-0.4, -0.2) is 22.9 Å². The number of hydrogen-bond acceptors (Lipinski definition) is 2. The average Bonchev–Trinajstić information content (AvgIpc) is 2.43. The summed E-state index contributed by atoms with van der Waals surface area (Å²) in [7, 11) is 1.76. The van der Waals surface area contributed by atoms with Crippen molar-refractivity contribution in [2.24, 2.45) is 0 Å². The van der Waals surface area contributed by atoms with Crippen molar-refractivity contribution in [1.29, 1.82) is 0 Å². The summed E-state index contributed by atoms with van der Waals surface area (Å²) in [5, 5.41) is 0. The van der Waals surface area contributed by atoms with E-state index in [1.165, 1.54) is 51.4 Å². The quantitative estimate of drug-likeness (QED) is 0.391. The highest BCUT2D eigenvalue weighted by Crippen LogP contribution is 2.36. The highest BCUT2D eigenvalue weighted by molar-refractivity contribution is 14.1. The summed E-state index contributed by atoms with van der Waals surface area (Å²) in [5.41, 5.74) is 0. The molecule has 3 atom stereocenters. The molecule has 0 radical (unpaired) electrons. The van der Waals surface area contributed by atoms with E-state index < -0.39 is 0 Å². The first-order valence-corrected chi connectivity index (χ1v) is 8.05. The number of unbranched alkanes of at least 4 members (excludes halogenated alkanes) is 3. The lowest BCUT2D eigenvalue weighted by Crippen LogP contribution is -2.37. The van der Waals surface area contributed by atoms with E-state index in [0.717, 1.165) is 0 Å². The van der Waals surface area contributed by atoms with Crippen molar-refractivity contribution in [3.05, 3.63) is 0 Å². The van der Waals surface area contributed by atoms with Gasteiger partial charge in [-0.25, -0.2) is 0 Å². The highest BCUT2D eigenvalue weighted by Gasteiger charge is 2.36. The van der Waals surface area contributed by atoms with Gasteiger partial charge in [0.05, 0.1) is 9.53 Å². The molecule has 3 heteroatoms. The maximum Gasteiger partial charge on any atom is 0.171 e. The molecule has 1 aliphatic rings. The Labute approximate surface area is 120 Å². The van der Waals surface area contributed by atoms with Gasteiger partial charge in [0.1, 0.15) is 0 Å². The minimum atomic E-state index is -0.0400. The van der Waals surface area contributed by atoms with E-state index in [4.69, 9.17) is 9.47 Å². The molecule has 1 saturated heterocycles. The largest absolute Gasteiger partial charge is 0.354 e. The van der Waals surface area contributed by atoms with Crippen molar-refractivity contribution >= 4 is 22.6 Å². The fourth-order valence-electron chi connectivity index (χ4n) is 2.49. The number of ether oxygens (including phenoxy) is 2. The Morgan fingerprint density at radius 1 is 1.35 bits per heavy atom. The molecule has 2 nitrogen and oxygen atoms in total. The Bertz CT molecular complexity index is 206. The topological polar surface area (TPSA) is 18.5 Å². The van der Waals surface area contributed by atoms with Crippen molar-refractivity contribution in [2.75, 3.05) is 7.11 Å². The molecule has 17 heavy (non-hydrogen) atoms. The standard InChI is InChI=1S/C14H27IO2/c1-4-5-6-7-9-12-10-8-11-14(2,15)13(16-3)17-12/h12-13H,4-11H2,1-3H3/t12-,13-,14?/m0/s1. The van der Waals surface area contributed by atoms with Gasteiger partial charge < -0.3 is 9.47 Å². The van der Waals surface area contributed by atoms with Crippen molar-refractivity contribution in [1.82, 2.24) is 0 Å². The van der Waals surface area contributed by atoms with E-state index in [9.17, 15) is 0 Å². The highest BCUT2D eigenvalue weighted by atomic mass is 127. The summed E-state index contributed by atoms with van der Waals surface area (Å²) >= 11 is 2.49. The number of halogens is 1. The average molecular weight is 354 g/mol. The summed E-state index contributed by atoms with van der Waals surface area (Å²) < 4.78 is 11.8. The molecule has 0 bridgehead atoms. The van der Waals surface area contributed by atoms with E-state index in [0.29, 0.717) is 6.10 Å². The number of alkyl halides is 1. The minimum Gasteiger partial charge on any atom is -0.354 e. The number of hydrogen-bond donors (Lipinski definition) is 0. The number of methoxy groups -OCH3 is 1. The van der Waals surface area contributed by atoms with Crippen molar-refractivity contribution in [2.45, 2.75) is 81.0 Å². The van der Waals surface area contributed by atoms with Crippen LogP contribution < -0.4 is 0 Å². The zero-order chi connectivity index (χ0) is 12.7. The third-order valence-corrected chi connectivity index (χ3v) is 4.64. The van der Waals surface area contributed by atoms with Crippen LogP contribution in [-0.2, 0) is 9.47 Å². The van der Waals surface area contributed by atoms with E-state index in [1.54, 1.807) is 7.11 Å². The lowest BCUT2D eigenvalue weighted by molar-refractivity contribution is -0.163. The van der Waals surface area contributed by atoms with Gasteiger partial charge in [-0.2, -0.15) is 0 Å². The van der Waals surface area contributed by atoms with Crippen LogP contribution in [0.1, 0.15) is 65.2 Å². The minimum absolute atomic E-state index is 0.0400. The Balaban J connectivity index is 2.36. The summed E-state index contributed by atoms with van der Waals surface area (Å²) in [4.78, 5) is 0. The normalized spacial score (nSPS) is 34.6. The van der Waals surface area contributed by atoms with Gasteiger partial charge in [-0.1, -0.05) is 55.2 Å². The Hall–Kier alpha value is 0.650. The predicted molar refractivity (Wildman–Crippen MR) is 80.7 cm³/mol. The van der Waals surface area contributed by atoms with E-state index in [2.05, 4.69) is 36.4 Å². The molecule has 0 saturated carbocycles. The Morgan fingerprint density at radius 3 is 2.76 bits per heavy atom. The molecule has 0 amide bonds. The first-order chi connectivity index (χ1) is 8.10. The molecular formula is C14H27IO2. The predicted octanol–water partition coefficient (Wildman–Crippen LogP) is 4.69. The van der Waals surface area contributed by atoms with Crippen LogP contribution in [0.5, 0.6) is 0 Å². The van der Waals surface area contributed by atoms with Crippen LogP contribution in [0.15, 0.2) is 0 Å². The lowest BCUT2D eigenvalue weighted by Gasteiger charge is -2.30. The van der Waals surface area contributed by atoms with Crippen molar-refractivity contribution in [3.63, 3.8) is 0 Å². The van der Waals surface area contributed by atoms with Crippen LogP contribution in [0.4, 0.5) is 0 Å². The van der Waals surface area contributed by atoms with E-state index in [1.807, 2.05) is 0 Å². The molecule has 1 unspecified atom stereocenters. The molecule has 102 valence electrons. The zero-order valence-electron chi connectivity index (χ0n) is 11.5. The van der Waals surface area contributed by atoms with E-state index >= 15 is 0 Å². The summed E-state index contributed by atoms with van der Waals surface area (Å²) in [6.45, 7) is 4.49. The van der Waals surface area contributed by atoms with Gasteiger partial charge >= 0.3 is 0 Å². The Morgan fingerprint density at radius 2 is 2.12 bits per heavy atom. The SMILES string of the molecule is CCCCCC[C@H]1CCCC(C)(I)[C@@H](OC)O1. The third-order valence-electron chi connectivity index (χ3n) is 3.59. The van der Waals surface area contributed by atoms with Crippen molar-refractivity contribution in [3.8, 4) is 0 Å². The maximum atomic E-state index is 6.13. The van der Waals surface area contributed by atoms with Crippen LogP contribution in [0.25, 0.3) is 0 Å². The molecule has 0 N–H and O–H groups in total. The van der Waals surface area contributed by atoms with Crippen LogP contribution in [0.2, 0.25) is 0 Å². The number of rotatable bonds is 6. The van der Waals surface area contributed by atoms with Gasteiger partial charge in [0, 0.05) is 7.11 Å². The molecule has 0 spiro atoms. The van der Waals surface area contributed by atoms with E-state index in [-0.39, 0.29) is 9.71 Å². The molecule has 0 aromatic heterocycles. The van der Waals surface area contributed by atoms with Gasteiger partial charge in [0.2, 0.25) is 0 Å². The van der Waals surface area contributed by atoms with Gasteiger partial charge in [-0.3, -0.25) is 0 Å². The second kappa shape index (κ2) is 7.95. The monoisotopic (exact) mass is 354 g/mol. The molecule has 1 aliphatic heterocycles.